The van der Waals surface area contributed by atoms with Crippen LogP contribution >= 0.6 is 0 Å². The molecule has 0 atom stereocenters. The molecule has 0 heterocycles. The largest absolute Gasteiger partial charge is 0.298 e. The molecule has 0 saturated heterocycles. The predicted molar refractivity (Wildman–Crippen MR) is 154 cm³/mol. The zero-order chi connectivity index (χ0) is 24.9. The van der Waals surface area contributed by atoms with Gasteiger partial charge in [-0.15, -0.1) is 0 Å². The zero-order valence-electron chi connectivity index (χ0n) is 20.5. The van der Waals surface area contributed by atoms with Crippen LogP contribution in [-0.4, -0.2) is 6.29 Å². The molecule has 0 saturated carbocycles. The molecule has 0 fully saturated rings. The third-order valence-corrected chi connectivity index (χ3v) is 7.65. The van der Waals surface area contributed by atoms with Crippen LogP contribution in [0, 0.1) is 6.92 Å². The van der Waals surface area contributed by atoms with Gasteiger partial charge in [0.15, 0.2) is 6.29 Å². The summed E-state index contributed by atoms with van der Waals surface area (Å²) in [5.74, 6) is 0. The van der Waals surface area contributed by atoms with E-state index in [4.69, 9.17) is 0 Å². The first-order valence-electron chi connectivity index (χ1n) is 12.6. The van der Waals surface area contributed by atoms with Crippen LogP contribution in [0.4, 0.5) is 0 Å². The Labute approximate surface area is 217 Å². The third-order valence-electron chi connectivity index (χ3n) is 7.65. The molecule has 0 aromatic heterocycles. The molecule has 5 aromatic rings. The summed E-state index contributed by atoms with van der Waals surface area (Å²) in [5, 5.41) is 0. The van der Waals surface area contributed by atoms with E-state index in [2.05, 4.69) is 122 Å². The summed E-state index contributed by atoms with van der Waals surface area (Å²) in [6.45, 7) is 2.13. The van der Waals surface area contributed by atoms with Gasteiger partial charge in [0.1, 0.15) is 0 Å². The summed E-state index contributed by atoms with van der Waals surface area (Å²) in [5.41, 5.74) is 16.1. The molecule has 37 heavy (non-hydrogen) atoms. The lowest BCUT2D eigenvalue weighted by molar-refractivity contribution is 0.112. The smallest absolute Gasteiger partial charge is 0.150 e. The molecule has 0 aliphatic heterocycles. The normalized spacial score (nSPS) is 12.5. The fraction of sp³-hybridized carbons (Fsp3) is 0.0278. The number of aldehydes is 1. The van der Waals surface area contributed by atoms with Crippen molar-refractivity contribution >= 4 is 29.6 Å². The highest BCUT2D eigenvalue weighted by molar-refractivity contribution is 6.09. The van der Waals surface area contributed by atoms with Crippen molar-refractivity contribution in [3.05, 3.63) is 154 Å². The topological polar surface area (TPSA) is 17.1 Å². The van der Waals surface area contributed by atoms with E-state index >= 15 is 0 Å². The second-order valence-corrected chi connectivity index (χ2v) is 9.75. The zero-order valence-corrected chi connectivity index (χ0v) is 20.5. The lowest BCUT2D eigenvalue weighted by atomic mass is 9.93. The van der Waals surface area contributed by atoms with Crippen molar-refractivity contribution in [2.24, 2.45) is 0 Å². The van der Waals surface area contributed by atoms with Gasteiger partial charge >= 0.3 is 0 Å². The second-order valence-electron chi connectivity index (χ2n) is 9.75. The van der Waals surface area contributed by atoms with Gasteiger partial charge in [-0.25, -0.2) is 0 Å². The minimum atomic E-state index is 0.700. The summed E-state index contributed by atoms with van der Waals surface area (Å²) in [6, 6.07) is 38.3. The van der Waals surface area contributed by atoms with Crippen LogP contribution in [0.25, 0.3) is 45.6 Å². The molecular formula is C36H24O. The maximum Gasteiger partial charge on any atom is 0.150 e. The molecule has 0 radical (unpaired) electrons. The lowest BCUT2D eigenvalue weighted by Gasteiger charge is -2.11. The molecule has 1 heteroatoms. The number of carbonyl (C=O) groups is 1. The van der Waals surface area contributed by atoms with Crippen molar-refractivity contribution in [3.8, 4) is 22.3 Å². The maximum absolute atomic E-state index is 12.3. The van der Waals surface area contributed by atoms with E-state index in [1.54, 1.807) is 0 Å². The average Bonchev–Trinajstić information content (AvgIpc) is 3.43. The van der Waals surface area contributed by atoms with E-state index in [9.17, 15) is 4.79 Å². The van der Waals surface area contributed by atoms with E-state index in [0.717, 1.165) is 23.0 Å². The van der Waals surface area contributed by atoms with E-state index in [0.29, 0.717) is 5.56 Å². The molecule has 2 aliphatic carbocycles. The van der Waals surface area contributed by atoms with Crippen LogP contribution in [0.5, 0.6) is 0 Å². The van der Waals surface area contributed by atoms with Crippen molar-refractivity contribution < 1.29 is 4.79 Å². The average molecular weight is 473 g/mol. The van der Waals surface area contributed by atoms with Gasteiger partial charge in [-0.05, 0) is 97.5 Å². The minimum Gasteiger partial charge on any atom is -0.298 e. The van der Waals surface area contributed by atoms with E-state index in [1.807, 2.05) is 6.07 Å². The van der Waals surface area contributed by atoms with E-state index < -0.39 is 0 Å². The van der Waals surface area contributed by atoms with Crippen molar-refractivity contribution in [1.29, 1.82) is 0 Å². The van der Waals surface area contributed by atoms with Crippen LogP contribution in [0.15, 0.2) is 109 Å². The standard InChI is InChI=1S/C36H24O/c1-23-18-25(21-36-33-16-8-4-12-29(33)30-13-5-9-17-34(30)36)26(22-37)19-24(23)20-35-31-14-6-2-10-27(31)28-11-3-7-15-32(28)35/h2-22H,1H3. The maximum atomic E-state index is 12.3. The van der Waals surface area contributed by atoms with Crippen molar-refractivity contribution in [1.82, 2.24) is 0 Å². The minimum absolute atomic E-state index is 0.700. The number of fused-ring (bicyclic) bond motifs is 6. The molecule has 0 unspecified atom stereocenters. The number of hydrogen-bond acceptors (Lipinski definition) is 1. The van der Waals surface area contributed by atoms with Gasteiger partial charge in [-0.2, -0.15) is 0 Å². The molecule has 7 rings (SSSR count). The van der Waals surface area contributed by atoms with Crippen LogP contribution < -0.4 is 0 Å². The Balaban J connectivity index is 1.38. The Bertz CT molecular complexity index is 1700. The molecule has 5 aromatic carbocycles. The van der Waals surface area contributed by atoms with Gasteiger partial charge in [0, 0.05) is 5.56 Å². The van der Waals surface area contributed by atoms with E-state index in [-0.39, 0.29) is 0 Å². The molecule has 1 nitrogen and oxygen atoms in total. The van der Waals surface area contributed by atoms with Gasteiger partial charge < -0.3 is 0 Å². The highest BCUT2D eigenvalue weighted by Gasteiger charge is 2.24. The van der Waals surface area contributed by atoms with Gasteiger partial charge in [0.2, 0.25) is 0 Å². The van der Waals surface area contributed by atoms with Gasteiger partial charge in [-0.1, -0.05) is 103 Å². The van der Waals surface area contributed by atoms with Gasteiger partial charge in [-0.3, -0.25) is 4.79 Å². The van der Waals surface area contributed by atoms with Crippen LogP contribution in [0.3, 0.4) is 0 Å². The molecule has 0 N–H and O–H groups in total. The Kier molecular flexibility index (Phi) is 4.90. The molecule has 0 spiro atoms. The Hall–Kier alpha value is -4.75. The van der Waals surface area contributed by atoms with Crippen molar-refractivity contribution in [2.45, 2.75) is 6.92 Å². The number of carbonyl (C=O) groups excluding carboxylic acids is 1. The highest BCUT2D eigenvalue weighted by Crippen LogP contribution is 2.46. The fourth-order valence-electron chi connectivity index (χ4n) is 5.87. The number of aryl methyl sites for hydroxylation is 1. The summed E-state index contributed by atoms with van der Waals surface area (Å²) in [7, 11) is 0. The molecular weight excluding hydrogens is 448 g/mol. The summed E-state index contributed by atoms with van der Waals surface area (Å²) >= 11 is 0. The van der Waals surface area contributed by atoms with Crippen molar-refractivity contribution in [3.63, 3.8) is 0 Å². The summed E-state index contributed by atoms with van der Waals surface area (Å²) < 4.78 is 0. The molecule has 174 valence electrons. The van der Waals surface area contributed by atoms with Gasteiger partial charge in [0.05, 0.1) is 0 Å². The van der Waals surface area contributed by atoms with Crippen LogP contribution in [-0.2, 0) is 0 Å². The first-order chi connectivity index (χ1) is 18.2. The fourth-order valence-corrected chi connectivity index (χ4v) is 5.87. The van der Waals surface area contributed by atoms with Gasteiger partial charge in [0.25, 0.3) is 0 Å². The number of hydrogen-bond donors (Lipinski definition) is 0. The molecule has 0 bridgehead atoms. The highest BCUT2D eigenvalue weighted by atomic mass is 16.1. The number of benzene rings is 5. The Morgan fingerprint density at radius 3 is 1.16 bits per heavy atom. The third kappa shape index (κ3) is 3.36. The first kappa shape index (κ1) is 21.5. The van der Waals surface area contributed by atoms with Crippen molar-refractivity contribution in [2.75, 3.05) is 0 Å². The lowest BCUT2D eigenvalue weighted by Crippen LogP contribution is -1.94. The Morgan fingerprint density at radius 1 is 0.432 bits per heavy atom. The summed E-state index contributed by atoms with van der Waals surface area (Å²) in [6.07, 6.45) is 5.40. The molecule has 0 amide bonds. The van der Waals surface area contributed by atoms with Crippen LogP contribution in [0.1, 0.15) is 49.3 Å². The first-order valence-corrected chi connectivity index (χ1v) is 12.6. The molecule has 2 aliphatic rings. The quantitative estimate of drug-likeness (QED) is 0.235. The predicted octanol–water partition coefficient (Wildman–Crippen LogP) is 8.95. The van der Waals surface area contributed by atoms with E-state index in [1.165, 1.54) is 55.7 Å². The van der Waals surface area contributed by atoms with Crippen LogP contribution in [0.2, 0.25) is 0 Å². The summed E-state index contributed by atoms with van der Waals surface area (Å²) in [4.78, 5) is 12.3. The monoisotopic (exact) mass is 472 g/mol. The SMILES string of the molecule is Cc1cc(C=C2c3ccccc3-c3ccccc32)c(C=O)cc1C=C1c2ccccc2-c2ccccc21. The second kappa shape index (κ2) is 8.43. The Morgan fingerprint density at radius 2 is 0.784 bits per heavy atom. The number of rotatable bonds is 3.